The minimum Gasteiger partial charge on any atom is -0.494 e. The fourth-order valence-electron chi connectivity index (χ4n) is 3.07. The molecule has 2 heterocycles. The van der Waals surface area contributed by atoms with Gasteiger partial charge in [-0.05, 0) is 42.5 Å². The van der Waals surface area contributed by atoms with Crippen molar-refractivity contribution in [2.24, 2.45) is 0 Å². The van der Waals surface area contributed by atoms with E-state index in [0.717, 1.165) is 5.69 Å². The Morgan fingerprint density at radius 2 is 2.04 bits per heavy atom. The van der Waals surface area contributed by atoms with Crippen LogP contribution in [0.15, 0.2) is 47.0 Å². The van der Waals surface area contributed by atoms with Crippen LogP contribution in [0, 0.1) is 5.82 Å². The highest BCUT2D eigenvalue weighted by molar-refractivity contribution is 6.30. The van der Waals surface area contributed by atoms with Crippen molar-refractivity contribution in [1.29, 1.82) is 0 Å². The zero-order valence-electron chi connectivity index (χ0n) is 14.4. The second-order valence-corrected chi connectivity index (χ2v) is 6.62. The van der Waals surface area contributed by atoms with Gasteiger partial charge < -0.3 is 14.2 Å². The average Bonchev–Trinajstić information content (AvgIpc) is 3.29. The Hall–Kier alpha value is -2.93. The highest BCUT2D eigenvalue weighted by Gasteiger charge is 2.35. The van der Waals surface area contributed by atoms with Crippen LogP contribution >= 0.6 is 11.6 Å². The second kappa shape index (κ2) is 7.00. The predicted octanol–water partition coefficient (Wildman–Crippen LogP) is 4.06. The quantitative estimate of drug-likeness (QED) is 0.675. The molecule has 1 aliphatic heterocycles. The number of carbonyl (C=O) groups excluding carboxylic acids is 1. The van der Waals surface area contributed by atoms with E-state index in [4.69, 9.17) is 20.9 Å². The van der Waals surface area contributed by atoms with Gasteiger partial charge in [0.2, 0.25) is 17.6 Å². The van der Waals surface area contributed by atoms with E-state index < -0.39 is 5.82 Å². The molecule has 0 N–H and O–H groups in total. The van der Waals surface area contributed by atoms with E-state index in [2.05, 4.69) is 10.1 Å². The van der Waals surface area contributed by atoms with Crippen LogP contribution in [-0.2, 0) is 4.79 Å². The molecule has 0 spiro atoms. The van der Waals surface area contributed by atoms with Gasteiger partial charge >= 0.3 is 0 Å². The number of benzene rings is 2. The summed E-state index contributed by atoms with van der Waals surface area (Å²) in [5.74, 6) is -0.00107. The first kappa shape index (κ1) is 17.5. The summed E-state index contributed by atoms with van der Waals surface area (Å²) < 4.78 is 24.1. The largest absolute Gasteiger partial charge is 0.494 e. The molecule has 1 amide bonds. The number of hydrogen-bond donors (Lipinski definition) is 0. The SMILES string of the molecule is COc1ccc(-c2noc(C3CC(=O)N(c4ccc(Cl)cc4)C3)n2)cc1F. The number of aromatic nitrogens is 2. The lowest BCUT2D eigenvalue weighted by Crippen LogP contribution is -2.24. The third kappa shape index (κ3) is 3.38. The fourth-order valence-corrected chi connectivity index (χ4v) is 3.19. The van der Waals surface area contributed by atoms with Gasteiger partial charge in [-0.15, -0.1) is 0 Å². The van der Waals surface area contributed by atoms with Crippen molar-refractivity contribution in [2.45, 2.75) is 12.3 Å². The van der Waals surface area contributed by atoms with Crippen LogP contribution in [0.1, 0.15) is 18.2 Å². The lowest BCUT2D eigenvalue weighted by molar-refractivity contribution is -0.117. The first-order chi connectivity index (χ1) is 13.0. The lowest BCUT2D eigenvalue weighted by atomic mass is 10.1. The van der Waals surface area contributed by atoms with Gasteiger partial charge in [0.1, 0.15) is 0 Å². The van der Waals surface area contributed by atoms with Gasteiger partial charge in [-0.3, -0.25) is 4.79 Å². The van der Waals surface area contributed by atoms with Gasteiger partial charge in [0.15, 0.2) is 11.6 Å². The Morgan fingerprint density at radius 1 is 1.26 bits per heavy atom. The second-order valence-electron chi connectivity index (χ2n) is 6.19. The molecule has 0 aliphatic carbocycles. The van der Waals surface area contributed by atoms with Crippen LogP contribution in [0.25, 0.3) is 11.4 Å². The molecule has 8 heteroatoms. The van der Waals surface area contributed by atoms with Crippen LogP contribution in [-0.4, -0.2) is 29.7 Å². The van der Waals surface area contributed by atoms with Gasteiger partial charge in [-0.2, -0.15) is 4.98 Å². The van der Waals surface area contributed by atoms with E-state index in [9.17, 15) is 9.18 Å². The van der Waals surface area contributed by atoms with Crippen molar-refractivity contribution in [1.82, 2.24) is 10.1 Å². The van der Waals surface area contributed by atoms with Crippen molar-refractivity contribution in [3.8, 4) is 17.1 Å². The number of rotatable bonds is 4. The summed E-state index contributed by atoms with van der Waals surface area (Å²) >= 11 is 5.90. The molecule has 1 saturated heterocycles. The molecule has 3 aromatic rings. The number of carbonyl (C=O) groups is 1. The molecular weight excluding hydrogens is 373 g/mol. The maximum absolute atomic E-state index is 13.9. The maximum Gasteiger partial charge on any atom is 0.232 e. The molecule has 1 fully saturated rings. The monoisotopic (exact) mass is 387 g/mol. The average molecular weight is 388 g/mol. The maximum atomic E-state index is 13.9. The summed E-state index contributed by atoms with van der Waals surface area (Å²) in [6.07, 6.45) is 0.265. The molecule has 4 rings (SSSR count). The minimum absolute atomic E-state index is 0.0300. The van der Waals surface area contributed by atoms with Crippen molar-refractivity contribution < 1.29 is 18.4 Å². The molecule has 0 radical (unpaired) electrons. The van der Waals surface area contributed by atoms with Gasteiger partial charge in [-0.1, -0.05) is 16.8 Å². The zero-order chi connectivity index (χ0) is 19.0. The summed E-state index contributed by atoms with van der Waals surface area (Å²) in [7, 11) is 1.40. The summed E-state index contributed by atoms with van der Waals surface area (Å²) in [6, 6.07) is 11.5. The number of anilines is 1. The smallest absolute Gasteiger partial charge is 0.232 e. The molecule has 27 heavy (non-hydrogen) atoms. The topological polar surface area (TPSA) is 68.5 Å². The van der Waals surface area contributed by atoms with Gasteiger partial charge in [-0.25, -0.2) is 4.39 Å². The van der Waals surface area contributed by atoms with E-state index in [1.807, 2.05) is 0 Å². The number of nitrogens with zero attached hydrogens (tertiary/aromatic N) is 3. The molecular formula is C19H15ClFN3O3. The van der Waals surface area contributed by atoms with Crippen LogP contribution < -0.4 is 9.64 Å². The van der Waals surface area contributed by atoms with Gasteiger partial charge in [0.05, 0.1) is 13.0 Å². The standard InChI is InChI=1S/C19H15ClFN3O3/c1-26-16-7-2-11(8-15(16)21)18-22-19(27-23-18)12-9-17(25)24(10-12)14-5-3-13(20)4-6-14/h2-8,12H,9-10H2,1H3. The Bertz CT molecular complexity index is 990. The normalized spacial score (nSPS) is 16.8. The van der Waals surface area contributed by atoms with E-state index in [1.54, 1.807) is 35.2 Å². The summed E-state index contributed by atoms with van der Waals surface area (Å²) in [5, 5.41) is 4.53. The number of halogens is 2. The van der Waals surface area contributed by atoms with E-state index in [0.29, 0.717) is 23.0 Å². The zero-order valence-corrected chi connectivity index (χ0v) is 15.1. The highest BCUT2D eigenvalue weighted by atomic mass is 35.5. The Morgan fingerprint density at radius 3 is 2.74 bits per heavy atom. The summed E-state index contributed by atoms with van der Waals surface area (Å²) in [4.78, 5) is 18.4. The molecule has 1 atom stereocenters. The first-order valence-electron chi connectivity index (χ1n) is 8.28. The minimum atomic E-state index is -0.508. The third-order valence-corrected chi connectivity index (χ3v) is 4.72. The first-order valence-corrected chi connectivity index (χ1v) is 8.66. The number of hydrogen-bond acceptors (Lipinski definition) is 5. The lowest BCUT2D eigenvalue weighted by Gasteiger charge is -2.15. The Kier molecular flexibility index (Phi) is 4.53. The molecule has 0 saturated carbocycles. The van der Waals surface area contributed by atoms with Crippen molar-refractivity contribution in [3.63, 3.8) is 0 Å². The van der Waals surface area contributed by atoms with Gasteiger partial charge in [0.25, 0.3) is 0 Å². The molecule has 1 unspecified atom stereocenters. The van der Waals surface area contributed by atoms with Crippen LogP contribution in [0.3, 0.4) is 0 Å². The molecule has 0 bridgehead atoms. The number of ether oxygens (including phenoxy) is 1. The van der Waals surface area contributed by atoms with Crippen LogP contribution in [0.4, 0.5) is 10.1 Å². The van der Waals surface area contributed by atoms with E-state index in [-0.39, 0.29) is 29.8 Å². The summed E-state index contributed by atoms with van der Waals surface area (Å²) in [5.41, 5.74) is 1.24. The highest BCUT2D eigenvalue weighted by Crippen LogP contribution is 2.33. The van der Waals surface area contributed by atoms with E-state index in [1.165, 1.54) is 19.2 Å². The fraction of sp³-hybridized carbons (Fsp3) is 0.211. The summed E-state index contributed by atoms with van der Waals surface area (Å²) in [6.45, 7) is 0.430. The van der Waals surface area contributed by atoms with E-state index >= 15 is 0 Å². The molecule has 6 nitrogen and oxygen atoms in total. The van der Waals surface area contributed by atoms with Crippen molar-refractivity contribution in [2.75, 3.05) is 18.6 Å². The molecule has 1 aliphatic rings. The van der Waals surface area contributed by atoms with Crippen LogP contribution in [0.5, 0.6) is 5.75 Å². The molecule has 2 aromatic carbocycles. The van der Waals surface area contributed by atoms with Crippen LogP contribution in [0.2, 0.25) is 5.02 Å². The van der Waals surface area contributed by atoms with Gasteiger partial charge in [0, 0.05) is 29.2 Å². The number of amides is 1. The Labute approximate surface area is 159 Å². The Balaban J connectivity index is 1.54. The molecule has 138 valence electrons. The van der Waals surface area contributed by atoms with Crippen molar-refractivity contribution in [3.05, 3.63) is 59.2 Å². The molecule has 1 aromatic heterocycles. The van der Waals surface area contributed by atoms with Crippen molar-refractivity contribution >= 4 is 23.2 Å². The number of methoxy groups -OCH3 is 1. The third-order valence-electron chi connectivity index (χ3n) is 4.46. The predicted molar refractivity (Wildman–Crippen MR) is 97.4 cm³/mol.